The molecule has 0 bridgehead atoms. The largest absolute Gasteiger partial charge is 0.416 e. The van der Waals surface area contributed by atoms with Gasteiger partial charge in [-0.3, -0.25) is 4.79 Å². The van der Waals surface area contributed by atoms with Crippen molar-refractivity contribution in [3.8, 4) is 0 Å². The van der Waals surface area contributed by atoms with Crippen LogP contribution in [0.4, 0.5) is 18.9 Å². The van der Waals surface area contributed by atoms with Crippen molar-refractivity contribution in [2.24, 2.45) is 5.73 Å². The molecule has 8 heteroatoms. The van der Waals surface area contributed by atoms with Crippen LogP contribution in [0.5, 0.6) is 0 Å². The Balaban J connectivity index is 0.00000264. The molecule has 1 unspecified atom stereocenters. The molecule has 1 amide bonds. The van der Waals surface area contributed by atoms with Crippen LogP contribution in [-0.4, -0.2) is 18.6 Å². The molecule has 1 fully saturated rings. The second-order valence-corrected chi connectivity index (χ2v) is 5.36. The predicted molar refractivity (Wildman–Crippen MR) is 83.4 cm³/mol. The Hall–Kier alpha value is -1.31. The molecule has 2 rings (SSSR count). The van der Waals surface area contributed by atoms with Crippen LogP contribution < -0.4 is 11.1 Å². The summed E-state index contributed by atoms with van der Waals surface area (Å²) in [7, 11) is 0. The Kier molecular flexibility index (Phi) is 7.31. The second kappa shape index (κ2) is 8.52. The van der Waals surface area contributed by atoms with E-state index in [0.29, 0.717) is 12.2 Å². The van der Waals surface area contributed by atoms with Gasteiger partial charge in [-0.15, -0.1) is 12.4 Å². The van der Waals surface area contributed by atoms with Gasteiger partial charge in [-0.05, 0) is 43.0 Å². The van der Waals surface area contributed by atoms with Crippen molar-refractivity contribution >= 4 is 24.0 Å². The molecule has 0 saturated carbocycles. The first-order chi connectivity index (χ1) is 10.4. The number of ether oxygens (including phenoxy) is 1. The Labute approximate surface area is 139 Å². The highest BCUT2D eigenvalue weighted by Gasteiger charge is 2.31. The number of hydrogen-bond donors (Lipinski definition) is 2. The highest BCUT2D eigenvalue weighted by atomic mass is 35.5. The fourth-order valence-electron chi connectivity index (χ4n) is 2.43. The third kappa shape index (κ3) is 6.01. The molecule has 1 aliphatic heterocycles. The minimum absolute atomic E-state index is 0. The highest BCUT2D eigenvalue weighted by molar-refractivity contribution is 5.91. The van der Waals surface area contributed by atoms with Gasteiger partial charge < -0.3 is 15.8 Å². The fourth-order valence-corrected chi connectivity index (χ4v) is 2.43. The number of halogens is 4. The van der Waals surface area contributed by atoms with E-state index in [1.165, 1.54) is 6.07 Å². The van der Waals surface area contributed by atoms with E-state index in [0.717, 1.165) is 31.4 Å². The Morgan fingerprint density at radius 2 is 2.04 bits per heavy atom. The molecular formula is C15H20ClF3N2O2. The summed E-state index contributed by atoms with van der Waals surface area (Å²) < 4.78 is 43.9. The number of amides is 1. The summed E-state index contributed by atoms with van der Waals surface area (Å²) in [6.45, 7) is 0.595. The fraction of sp³-hybridized carbons (Fsp3) is 0.533. The molecule has 1 atom stereocenters. The zero-order valence-electron chi connectivity index (χ0n) is 12.5. The van der Waals surface area contributed by atoms with Crippen LogP contribution in [0.15, 0.2) is 18.2 Å². The molecular weight excluding hydrogens is 333 g/mol. The van der Waals surface area contributed by atoms with Crippen molar-refractivity contribution in [1.82, 2.24) is 0 Å². The van der Waals surface area contributed by atoms with Gasteiger partial charge in [0.1, 0.15) is 0 Å². The van der Waals surface area contributed by atoms with Gasteiger partial charge in [0.15, 0.2) is 0 Å². The zero-order valence-corrected chi connectivity index (χ0v) is 13.3. The molecule has 4 nitrogen and oxygen atoms in total. The van der Waals surface area contributed by atoms with Crippen molar-refractivity contribution in [2.45, 2.75) is 44.5 Å². The van der Waals surface area contributed by atoms with Crippen LogP contribution in [0.1, 0.15) is 36.8 Å². The van der Waals surface area contributed by atoms with E-state index in [1.807, 2.05) is 0 Å². The van der Waals surface area contributed by atoms with Crippen molar-refractivity contribution in [3.63, 3.8) is 0 Å². The minimum Gasteiger partial charge on any atom is -0.378 e. The average molecular weight is 353 g/mol. The summed E-state index contributed by atoms with van der Waals surface area (Å²) in [4.78, 5) is 11.9. The summed E-state index contributed by atoms with van der Waals surface area (Å²) in [5.74, 6) is -0.353. The SMILES string of the molecule is Cl.NCc1cc(NC(=O)CC2CCCCO2)cc(C(F)(F)F)c1. The molecule has 1 saturated heterocycles. The summed E-state index contributed by atoms with van der Waals surface area (Å²) in [6, 6.07) is 3.35. The third-order valence-electron chi connectivity index (χ3n) is 3.53. The molecule has 0 radical (unpaired) electrons. The van der Waals surface area contributed by atoms with E-state index in [2.05, 4.69) is 5.32 Å². The first-order valence-electron chi connectivity index (χ1n) is 7.21. The van der Waals surface area contributed by atoms with Crippen LogP contribution in [0, 0.1) is 0 Å². The Morgan fingerprint density at radius 3 is 2.61 bits per heavy atom. The molecule has 1 aliphatic rings. The van der Waals surface area contributed by atoms with Gasteiger partial charge in [-0.2, -0.15) is 13.2 Å². The van der Waals surface area contributed by atoms with E-state index in [9.17, 15) is 18.0 Å². The van der Waals surface area contributed by atoms with Crippen molar-refractivity contribution < 1.29 is 22.7 Å². The van der Waals surface area contributed by atoms with Crippen LogP contribution in [0.3, 0.4) is 0 Å². The number of carbonyl (C=O) groups excluding carboxylic acids is 1. The van der Waals surface area contributed by atoms with E-state index in [-0.39, 0.29) is 43.1 Å². The second-order valence-electron chi connectivity index (χ2n) is 5.36. The number of rotatable bonds is 4. The van der Waals surface area contributed by atoms with Gasteiger partial charge in [0, 0.05) is 18.8 Å². The average Bonchev–Trinajstić information content (AvgIpc) is 2.46. The molecule has 0 spiro atoms. The monoisotopic (exact) mass is 352 g/mol. The summed E-state index contributed by atoms with van der Waals surface area (Å²) >= 11 is 0. The predicted octanol–water partition coefficient (Wildman–Crippen LogP) is 3.48. The lowest BCUT2D eigenvalue weighted by molar-refractivity contribution is -0.137. The summed E-state index contributed by atoms with van der Waals surface area (Å²) in [6.07, 6.45) is -1.71. The lowest BCUT2D eigenvalue weighted by atomic mass is 10.1. The topological polar surface area (TPSA) is 64.3 Å². The van der Waals surface area contributed by atoms with Crippen LogP contribution in [-0.2, 0) is 22.3 Å². The number of hydrogen-bond acceptors (Lipinski definition) is 3. The van der Waals surface area contributed by atoms with Gasteiger partial charge >= 0.3 is 6.18 Å². The molecule has 0 aliphatic carbocycles. The van der Waals surface area contributed by atoms with E-state index < -0.39 is 11.7 Å². The van der Waals surface area contributed by atoms with Crippen LogP contribution in [0.2, 0.25) is 0 Å². The maximum absolute atomic E-state index is 12.8. The third-order valence-corrected chi connectivity index (χ3v) is 3.53. The smallest absolute Gasteiger partial charge is 0.378 e. The number of nitrogens with two attached hydrogens (primary N) is 1. The number of benzene rings is 1. The maximum Gasteiger partial charge on any atom is 0.416 e. The first-order valence-corrected chi connectivity index (χ1v) is 7.21. The molecule has 1 heterocycles. The van der Waals surface area contributed by atoms with Crippen molar-refractivity contribution in [1.29, 1.82) is 0 Å². The number of carbonyl (C=O) groups is 1. The van der Waals surface area contributed by atoms with Crippen LogP contribution in [0.25, 0.3) is 0 Å². The Bertz CT molecular complexity index is 532. The van der Waals surface area contributed by atoms with Gasteiger partial charge in [0.2, 0.25) is 5.91 Å². The summed E-state index contributed by atoms with van der Waals surface area (Å²) in [5.41, 5.74) is 5.02. The Morgan fingerprint density at radius 1 is 1.30 bits per heavy atom. The first kappa shape index (κ1) is 19.7. The van der Waals surface area contributed by atoms with Crippen molar-refractivity contribution in [3.05, 3.63) is 29.3 Å². The summed E-state index contributed by atoms with van der Waals surface area (Å²) in [5, 5.41) is 2.50. The van der Waals surface area contributed by atoms with Crippen LogP contribution >= 0.6 is 12.4 Å². The molecule has 130 valence electrons. The lowest BCUT2D eigenvalue weighted by Gasteiger charge is -2.22. The standard InChI is InChI=1S/C15H19F3N2O2.ClH/c16-15(17,18)11-5-10(9-19)6-12(7-11)20-14(21)8-13-3-1-2-4-22-13;/h5-7,13H,1-4,8-9,19H2,(H,20,21);1H. The maximum atomic E-state index is 12.8. The molecule has 1 aromatic carbocycles. The number of nitrogens with one attached hydrogen (secondary N) is 1. The molecule has 0 aromatic heterocycles. The highest BCUT2D eigenvalue weighted by Crippen LogP contribution is 2.32. The molecule has 1 aromatic rings. The van der Waals surface area contributed by atoms with Gasteiger partial charge in [0.25, 0.3) is 0 Å². The zero-order chi connectivity index (χ0) is 16.2. The number of alkyl halides is 3. The van der Waals surface area contributed by atoms with Gasteiger partial charge in [0.05, 0.1) is 18.1 Å². The van der Waals surface area contributed by atoms with Gasteiger partial charge in [-0.25, -0.2) is 0 Å². The van der Waals surface area contributed by atoms with E-state index in [1.54, 1.807) is 0 Å². The van der Waals surface area contributed by atoms with Gasteiger partial charge in [-0.1, -0.05) is 0 Å². The normalized spacial score (nSPS) is 18.2. The minimum atomic E-state index is -4.48. The quantitative estimate of drug-likeness (QED) is 0.872. The number of anilines is 1. The lowest BCUT2D eigenvalue weighted by Crippen LogP contribution is -2.25. The van der Waals surface area contributed by atoms with E-state index >= 15 is 0 Å². The molecule has 23 heavy (non-hydrogen) atoms. The van der Waals surface area contributed by atoms with Crippen molar-refractivity contribution in [2.75, 3.05) is 11.9 Å². The molecule has 3 N–H and O–H groups in total. The van der Waals surface area contributed by atoms with E-state index in [4.69, 9.17) is 10.5 Å².